The molecule has 23 heavy (non-hydrogen) atoms. The molecule has 1 aromatic heterocycles. The normalized spacial score (nSPS) is 10.9. The number of hydrogen-bond acceptors (Lipinski definition) is 4. The van der Waals surface area contributed by atoms with Crippen LogP contribution in [-0.4, -0.2) is 34.2 Å². The highest BCUT2D eigenvalue weighted by Gasteiger charge is 2.21. The fourth-order valence-corrected chi connectivity index (χ4v) is 1.81. The second-order valence-electron chi connectivity index (χ2n) is 5.94. The average molecular weight is 323 g/mol. The second kappa shape index (κ2) is 8.97. The van der Waals surface area contributed by atoms with Gasteiger partial charge in [-0.3, -0.25) is 4.79 Å². The largest absolute Gasteiger partial charge is 0.481 e. The Labute approximate surface area is 136 Å². The van der Waals surface area contributed by atoms with Crippen LogP contribution in [0.5, 0.6) is 5.88 Å². The highest BCUT2D eigenvalue weighted by Crippen LogP contribution is 2.14. The van der Waals surface area contributed by atoms with E-state index < -0.39 is 17.5 Å². The molecule has 1 aromatic rings. The summed E-state index contributed by atoms with van der Waals surface area (Å²) in [6, 6.07) is 3.00. The predicted octanol–water partition coefficient (Wildman–Crippen LogP) is 3.03. The number of nitrogens with one attached hydrogen (secondary N) is 2. The van der Waals surface area contributed by atoms with Crippen LogP contribution in [0.1, 0.15) is 46.5 Å². The van der Waals surface area contributed by atoms with Gasteiger partial charge < -0.3 is 20.5 Å². The fraction of sp³-hybridized carbons (Fsp3) is 0.562. The summed E-state index contributed by atoms with van der Waals surface area (Å²) in [7, 11) is 0. The van der Waals surface area contributed by atoms with E-state index in [1.165, 1.54) is 6.20 Å². The third-order valence-corrected chi connectivity index (χ3v) is 3.16. The van der Waals surface area contributed by atoms with Gasteiger partial charge in [-0.1, -0.05) is 13.3 Å². The molecule has 0 spiro atoms. The lowest BCUT2D eigenvalue weighted by Gasteiger charge is -2.25. The van der Waals surface area contributed by atoms with Gasteiger partial charge in [0.05, 0.1) is 18.5 Å². The molecule has 7 nitrogen and oxygen atoms in total. The van der Waals surface area contributed by atoms with Crippen molar-refractivity contribution in [3.63, 3.8) is 0 Å². The van der Waals surface area contributed by atoms with E-state index in [0.717, 1.165) is 12.8 Å². The van der Waals surface area contributed by atoms with E-state index in [1.807, 2.05) is 0 Å². The number of pyridine rings is 1. The topological polar surface area (TPSA) is 101 Å². The first-order valence-corrected chi connectivity index (χ1v) is 7.72. The number of amides is 2. The third kappa shape index (κ3) is 8.04. The van der Waals surface area contributed by atoms with Gasteiger partial charge in [-0.2, -0.15) is 0 Å². The van der Waals surface area contributed by atoms with Crippen molar-refractivity contribution >= 4 is 17.7 Å². The van der Waals surface area contributed by atoms with Gasteiger partial charge in [-0.25, -0.2) is 9.78 Å². The molecular weight excluding hydrogens is 298 g/mol. The Hall–Kier alpha value is -2.31. The maximum absolute atomic E-state index is 11.9. The van der Waals surface area contributed by atoms with Crippen LogP contribution in [0.2, 0.25) is 0 Å². The van der Waals surface area contributed by atoms with Crippen LogP contribution in [0.25, 0.3) is 0 Å². The number of aromatic nitrogens is 1. The summed E-state index contributed by atoms with van der Waals surface area (Å²) in [6.07, 6.45) is 3.88. The second-order valence-corrected chi connectivity index (χ2v) is 5.94. The van der Waals surface area contributed by atoms with Gasteiger partial charge in [0.2, 0.25) is 5.88 Å². The molecule has 1 rings (SSSR count). The number of nitrogens with zero attached hydrogens (tertiary/aromatic N) is 1. The number of unbranched alkanes of at least 4 members (excludes halogenated alkanes) is 1. The molecular formula is C16H25N3O4. The Morgan fingerprint density at radius 3 is 2.65 bits per heavy atom. The summed E-state index contributed by atoms with van der Waals surface area (Å²) in [5.74, 6) is -0.366. The third-order valence-electron chi connectivity index (χ3n) is 3.16. The number of carbonyl (C=O) groups is 2. The smallest absolute Gasteiger partial charge is 0.319 e. The van der Waals surface area contributed by atoms with E-state index in [2.05, 4.69) is 22.5 Å². The van der Waals surface area contributed by atoms with Gasteiger partial charge >= 0.3 is 12.0 Å². The summed E-state index contributed by atoms with van der Waals surface area (Å²) in [5.41, 5.74) is -0.0709. The maximum atomic E-state index is 11.9. The Kier molecular flexibility index (Phi) is 7.31. The molecule has 7 heteroatoms. The zero-order valence-electron chi connectivity index (χ0n) is 13.9. The Morgan fingerprint density at radius 1 is 1.35 bits per heavy atom. The lowest BCUT2D eigenvalue weighted by atomic mass is 9.99. The lowest BCUT2D eigenvalue weighted by Crippen LogP contribution is -2.45. The van der Waals surface area contributed by atoms with Crippen LogP contribution in [0.3, 0.4) is 0 Å². The Bertz CT molecular complexity index is 515. The number of aliphatic carboxylic acids is 1. The molecule has 0 aliphatic carbocycles. The van der Waals surface area contributed by atoms with Crippen molar-refractivity contribution in [2.24, 2.45) is 0 Å². The van der Waals surface area contributed by atoms with Crippen molar-refractivity contribution in [1.29, 1.82) is 0 Å². The number of anilines is 1. The molecule has 1 heterocycles. The predicted molar refractivity (Wildman–Crippen MR) is 87.7 cm³/mol. The minimum absolute atomic E-state index is 0.00136. The van der Waals surface area contributed by atoms with E-state index in [0.29, 0.717) is 24.6 Å². The molecule has 3 N–H and O–H groups in total. The van der Waals surface area contributed by atoms with Crippen LogP contribution in [-0.2, 0) is 4.79 Å². The molecule has 0 aliphatic rings. The van der Waals surface area contributed by atoms with Crippen LogP contribution in [0.4, 0.5) is 10.5 Å². The first-order valence-electron chi connectivity index (χ1n) is 7.72. The Morgan fingerprint density at radius 2 is 2.09 bits per heavy atom. The fourth-order valence-electron chi connectivity index (χ4n) is 1.81. The number of urea groups is 1. The summed E-state index contributed by atoms with van der Waals surface area (Å²) in [6.45, 7) is 6.26. The lowest BCUT2D eigenvalue weighted by molar-refractivity contribution is -0.137. The number of carboxylic acids is 1. The van der Waals surface area contributed by atoms with Crippen molar-refractivity contribution in [3.05, 3.63) is 18.3 Å². The van der Waals surface area contributed by atoms with Gasteiger partial charge in [-0.05, 0) is 32.8 Å². The van der Waals surface area contributed by atoms with Crippen LogP contribution in [0.15, 0.2) is 18.3 Å². The SMILES string of the molecule is CCCCOc1ccc(NC(=O)NC(C)(C)CCC(=O)O)cn1. The molecule has 0 aromatic carbocycles. The standard InChI is InChI=1S/C16H25N3O4/c1-4-5-10-23-13-7-6-12(11-17-13)18-15(22)19-16(2,3)9-8-14(20)21/h6-7,11H,4-5,8-10H2,1-3H3,(H,20,21)(H2,18,19,22). The molecule has 0 saturated heterocycles. The molecule has 0 saturated carbocycles. The molecule has 2 amide bonds. The van der Waals surface area contributed by atoms with Gasteiger partial charge in [0.15, 0.2) is 0 Å². The number of carbonyl (C=O) groups excluding carboxylic acids is 1. The highest BCUT2D eigenvalue weighted by molar-refractivity contribution is 5.89. The van der Waals surface area contributed by atoms with Gasteiger partial charge in [-0.15, -0.1) is 0 Å². The monoisotopic (exact) mass is 323 g/mol. The number of carboxylic acid groups (broad SMARTS) is 1. The zero-order chi connectivity index (χ0) is 17.3. The minimum Gasteiger partial charge on any atom is -0.481 e. The summed E-state index contributed by atoms with van der Waals surface area (Å²) < 4.78 is 5.45. The van der Waals surface area contributed by atoms with Crippen molar-refractivity contribution in [2.75, 3.05) is 11.9 Å². The number of hydrogen-bond donors (Lipinski definition) is 3. The van der Waals surface area contributed by atoms with Crippen molar-refractivity contribution in [3.8, 4) is 5.88 Å². The molecule has 128 valence electrons. The van der Waals surface area contributed by atoms with Crippen LogP contribution < -0.4 is 15.4 Å². The quantitative estimate of drug-likeness (QED) is 0.606. The first kappa shape index (κ1) is 18.7. The van der Waals surface area contributed by atoms with Crippen LogP contribution >= 0.6 is 0 Å². The average Bonchev–Trinajstić information content (AvgIpc) is 2.47. The van der Waals surface area contributed by atoms with E-state index >= 15 is 0 Å². The molecule has 0 radical (unpaired) electrons. The van der Waals surface area contributed by atoms with Gasteiger partial charge in [0, 0.05) is 18.0 Å². The van der Waals surface area contributed by atoms with E-state index in [1.54, 1.807) is 26.0 Å². The van der Waals surface area contributed by atoms with E-state index in [-0.39, 0.29) is 6.42 Å². The van der Waals surface area contributed by atoms with Crippen molar-refractivity contribution < 1.29 is 19.4 Å². The molecule has 0 fully saturated rings. The van der Waals surface area contributed by atoms with Gasteiger partial charge in [0.25, 0.3) is 0 Å². The number of ether oxygens (including phenoxy) is 1. The molecule has 0 bridgehead atoms. The van der Waals surface area contributed by atoms with Gasteiger partial charge in [0.1, 0.15) is 0 Å². The highest BCUT2D eigenvalue weighted by atomic mass is 16.5. The summed E-state index contributed by atoms with van der Waals surface area (Å²) in [5, 5.41) is 14.1. The van der Waals surface area contributed by atoms with E-state index in [4.69, 9.17) is 9.84 Å². The number of rotatable bonds is 9. The maximum Gasteiger partial charge on any atom is 0.319 e. The van der Waals surface area contributed by atoms with Crippen molar-refractivity contribution in [2.45, 2.75) is 52.0 Å². The molecule has 0 atom stereocenters. The Balaban J connectivity index is 2.45. The summed E-state index contributed by atoms with van der Waals surface area (Å²) in [4.78, 5) is 26.7. The zero-order valence-corrected chi connectivity index (χ0v) is 13.9. The molecule has 0 unspecified atom stereocenters. The molecule has 0 aliphatic heterocycles. The van der Waals surface area contributed by atoms with E-state index in [9.17, 15) is 9.59 Å². The summed E-state index contributed by atoms with van der Waals surface area (Å²) >= 11 is 0. The van der Waals surface area contributed by atoms with Crippen molar-refractivity contribution in [1.82, 2.24) is 10.3 Å². The minimum atomic E-state index is -0.886. The first-order chi connectivity index (χ1) is 10.8. The van der Waals surface area contributed by atoms with Crippen LogP contribution in [0, 0.1) is 0 Å².